The first-order valence-electron chi connectivity index (χ1n) is 6.60. The fourth-order valence-corrected chi connectivity index (χ4v) is 2.61. The van der Waals surface area contributed by atoms with Crippen LogP contribution in [0.5, 0.6) is 0 Å². The zero-order valence-electron chi connectivity index (χ0n) is 11.0. The summed E-state index contributed by atoms with van der Waals surface area (Å²) in [6.07, 6.45) is 0.917. The van der Waals surface area contributed by atoms with Crippen LogP contribution in [0.3, 0.4) is 0 Å². The molecule has 1 aromatic rings. The van der Waals surface area contributed by atoms with Gasteiger partial charge in [0, 0.05) is 31.9 Å². The maximum absolute atomic E-state index is 7.62. The molecule has 1 saturated heterocycles. The zero-order chi connectivity index (χ0) is 13.0. The number of hydrogen-bond acceptors (Lipinski definition) is 3. The summed E-state index contributed by atoms with van der Waals surface area (Å²) in [7, 11) is 0. The van der Waals surface area contributed by atoms with Crippen molar-refractivity contribution in [2.45, 2.75) is 19.4 Å². The Balaban J connectivity index is 1.94. The number of hydrogen-bond donors (Lipinski definition) is 2. The third-order valence-electron chi connectivity index (χ3n) is 3.62. The van der Waals surface area contributed by atoms with Gasteiger partial charge in [-0.05, 0) is 18.6 Å². The van der Waals surface area contributed by atoms with E-state index in [0.717, 1.165) is 32.6 Å². The van der Waals surface area contributed by atoms with E-state index in [4.69, 9.17) is 11.1 Å². The molecule has 1 heterocycles. The first kappa shape index (κ1) is 12.9. The lowest BCUT2D eigenvalue weighted by Crippen LogP contribution is -2.53. The summed E-state index contributed by atoms with van der Waals surface area (Å²) in [5, 5.41) is 7.62. The monoisotopic (exact) mass is 246 g/mol. The van der Waals surface area contributed by atoms with Gasteiger partial charge in [-0.25, -0.2) is 0 Å². The van der Waals surface area contributed by atoms with Gasteiger partial charge in [0.2, 0.25) is 0 Å². The van der Waals surface area contributed by atoms with E-state index in [9.17, 15) is 0 Å². The van der Waals surface area contributed by atoms with Gasteiger partial charge in [-0.3, -0.25) is 10.3 Å². The van der Waals surface area contributed by atoms with Crippen LogP contribution < -0.4 is 10.6 Å². The van der Waals surface area contributed by atoms with Crippen LogP contribution in [0.15, 0.2) is 30.3 Å². The molecule has 1 aliphatic rings. The number of nitrogens with two attached hydrogens (primary N) is 1. The quantitative estimate of drug-likeness (QED) is 0.625. The largest absolute Gasteiger partial charge is 0.386 e. The number of para-hydroxylation sites is 1. The maximum Gasteiger partial charge on any atom is 0.108 e. The van der Waals surface area contributed by atoms with E-state index in [1.54, 1.807) is 0 Å². The molecule has 0 bridgehead atoms. The van der Waals surface area contributed by atoms with Gasteiger partial charge in [0.1, 0.15) is 5.84 Å². The van der Waals surface area contributed by atoms with E-state index >= 15 is 0 Å². The van der Waals surface area contributed by atoms with Crippen molar-refractivity contribution in [2.24, 2.45) is 5.73 Å². The van der Waals surface area contributed by atoms with Crippen LogP contribution in [-0.2, 0) is 0 Å². The summed E-state index contributed by atoms with van der Waals surface area (Å²) < 4.78 is 0. The summed E-state index contributed by atoms with van der Waals surface area (Å²) in [6.45, 7) is 6.07. The van der Waals surface area contributed by atoms with Crippen molar-refractivity contribution in [2.75, 3.05) is 31.1 Å². The SMILES string of the molecule is CCC(C(=N)N)N1CCN(c2ccccc2)CC1. The van der Waals surface area contributed by atoms with E-state index in [-0.39, 0.29) is 6.04 Å². The molecule has 0 saturated carbocycles. The van der Waals surface area contributed by atoms with Crippen LogP contribution in [0.25, 0.3) is 0 Å². The Hall–Kier alpha value is -1.55. The lowest BCUT2D eigenvalue weighted by atomic mass is 10.1. The predicted octanol–water partition coefficient (Wildman–Crippen LogP) is 1.52. The average molecular weight is 246 g/mol. The van der Waals surface area contributed by atoms with E-state index in [2.05, 4.69) is 41.0 Å². The summed E-state index contributed by atoms with van der Waals surface area (Å²) in [5.41, 5.74) is 6.94. The Bertz CT molecular complexity index is 382. The fourth-order valence-electron chi connectivity index (χ4n) is 2.61. The first-order chi connectivity index (χ1) is 8.72. The highest BCUT2D eigenvalue weighted by Crippen LogP contribution is 2.17. The van der Waals surface area contributed by atoms with Crippen LogP contribution in [0.2, 0.25) is 0 Å². The van der Waals surface area contributed by atoms with Crippen molar-refractivity contribution >= 4 is 11.5 Å². The lowest BCUT2D eigenvalue weighted by Gasteiger charge is -2.39. The molecule has 1 fully saturated rings. The van der Waals surface area contributed by atoms with Crippen molar-refractivity contribution in [3.8, 4) is 0 Å². The molecule has 1 aliphatic heterocycles. The molecular formula is C14H22N4. The van der Waals surface area contributed by atoms with Crippen LogP contribution in [0.4, 0.5) is 5.69 Å². The molecule has 0 amide bonds. The standard InChI is InChI=1S/C14H22N4/c1-2-13(14(15)16)18-10-8-17(9-11-18)12-6-4-3-5-7-12/h3-7,13H,2,8-11H2,1H3,(H3,15,16). The van der Waals surface area contributed by atoms with Crippen LogP contribution in [0, 0.1) is 5.41 Å². The molecule has 3 N–H and O–H groups in total. The van der Waals surface area contributed by atoms with Gasteiger partial charge in [0.05, 0.1) is 6.04 Å². The van der Waals surface area contributed by atoms with E-state index in [0.29, 0.717) is 5.84 Å². The van der Waals surface area contributed by atoms with Crippen molar-refractivity contribution in [1.82, 2.24) is 4.90 Å². The highest BCUT2D eigenvalue weighted by atomic mass is 15.3. The van der Waals surface area contributed by atoms with Crippen LogP contribution >= 0.6 is 0 Å². The normalized spacial score (nSPS) is 18.6. The number of nitrogens with one attached hydrogen (secondary N) is 1. The number of rotatable bonds is 4. The molecule has 0 spiro atoms. The van der Waals surface area contributed by atoms with Gasteiger partial charge in [0.25, 0.3) is 0 Å². The van der Waals surface area contributed by atoms with Gasteiger partial charge in [0.15, 0.2) is 0 Å². The smallest absolute Gasteiger partial charge is 0.108 e. The van der Waals surface area contributed by atoms with E-state index in [1.165, 1.54) is 5.69 Å². The highest BCUT2D eigenvalue weighted by Gasteiger charge is 2.24. The second kappa shape index (κ2) is 5.87. The highest BCUT2D eigenvalue weighted by molar-refractivity contribution is 5.82. The van der Waals surface area contributed by atoms with Gasteiger partial charge >= 0.3 is 0 Å². The van der Waals surface area contributed by atoms with Crippen molar-refractivity contribution < 1.29 is 0 Å². The average Bonchev–Trinajstić information content (AvgIpc) is 2.41. The Kier molecular flexibility index (Phi) is 4.20. The Labute approximate surface area is 109 Å². The van der Waals surface area contributed by atoms with Gasteiger partial charge < -0.3 is 10.6 Å². The predicted molar refractivity (Wildman–Crippen MR) is 76.2 cm³/mol. The minimum Gasteiger partial charge on any atom is -0.386 e. The van der Waals surface area contributed by atoms with E-state index in [1.807, 2.05) is 6.07 Å². The number of piperazine rings is 1. The second-order valence-electron chi connectivity index (χ2n) is 4.74. The van der Waals surface area contributed by atoms with Crippen LogP contribution in [-0.4, -0.2) is 43.0 Å². The summed E-state index contributed by atoms with van der Waals surface area (Å²) in [4.78, 5) is 4.71. The molecular weight excluding hydrogens is 224 g/mol. The Morgan fingerprint density at radius 2 is 1.83 bits per heavy atom. The molecule has 4 nitrogen and oxygen atoms in total. The number of amidine groups is 1. The summed E-state index contributed by atoms with van der Waals surface area (Å²) in [6, 6.07) is 10.6. The third kappa shape index (κ3) is 2.82. The number of anilines is 1. The van der Waals surface area contributed by atoms with Gasteiger partial charge in [-0.15, -0.1) is 0 Å². The van der Waals surface area contributed by atoms with Crippen molar-refractivity contribution in [3.63, 3.8) is 0 Å². The Morgan fingerprint density at radius 3 is 2.33 bits per heavy atom. The molecule has 18 heavy (non-hydrogen) atoms. The summed E-state index contributed by atoms with van der Waals surface area (Å²) in [5.74, 6) is 0.297. The second-order valence-corrected chi connectivity index (χ2v) is 4.74. The molecule has 98 valence electrons. The molecule has 1 aromatic carbocycles. The lowest BCUT2D eigenvalue weighted by molar-refractivity contribution is 0.222. The van der Waals surface area contributed by atoms with E-state index < -0.39 is 0 Å². The minimum atomic E-state index is 0.114. The molecule has 1 atom stereocenters. The maximum atomic E-state index is 7.62. The minimum absolute atomic E-state index is 0.114. The summed E-state index contributed by atoms with van der Waals surface area (Å²) >= 11 is 0. The van der Waals surface area contributed by atoms with Gasteiger partial charge in [-0.1, -0.05) is 25.1 Å². The molecule has 1 unspecified atom stereocenters. The van der Waals surface area contributed by atoms with Crippen molar-refractivity contribution in [3.05, 3.63) is 30.3 Å². The van der Waals surface area contributed by atoms with Crippen LogP contribution in [0.1, 0.15) is 13.3 Å². The molecule has 0 aromatic heterocycles. The molecule has 0 aliphatic carbocycles. The fraction of sp³-hybridized carbons (Fsp3) is 0.500. The third-order valence-corrected chi connectivity index (χ3v) is 3.62. The van der Waals surface area contributed by atoms with Crippen molar-refractivity contribution in [1.29, 1.82) is 5.41 Å². The number of benzene rings is 1. The Morgan fingerprint density at radius 1 is 1.22 bits per heavy atom. The molecule has 0 radical (unpaired) electrons. The number of nitrogens with zero attached hydrogens (tertiary/aromatic N) is 2. The molecule has 2 rings (SSSR count). The topological polar surface area (TPSA) is 56.4 Å². The van der Waals surface area contributed by atoms with Gasteiger partial charge in [-0.2, -0.15) is 0 Å². The molecule has 4 heteroatoms. The first-order valence-corrected chi connectivity index (χ1v) is 6.60. The zero-order valence-corrected chi connectivity index (χ0v) is 11.0.